The van der Waals surface area contributed by atoms with Crippen molar-refractivity contribution in [3.05, 3.63) is 0 Å². The summed E-state index contributed by atoms with van der Waals surface area (Å²) in [7, 11) is -1.80. The molecular formula is C8H18N2O3S. The minimum absolute atomic E-state index is 0.0576. The molecule has 1 atom stereocenters. The van der Waals surface area contributed by atoms with E-state index in [2.05, 4.69) is 0 Å². The van der Waals surface area contributed by atoms with Gasteiger partial charge in [0.2, 0.25) is 0 Å². The number of aliphatic hydroxyl groups is 1. The Kier molecular flexibility index (Phi) is 3.52. The van der Waals surface area contributed by atoms with Crippen molar-refractivity contribution < 1.29 is 13.5 Å². The second-order valence-electron chi connectivity index (χ2n) is 3.92. The van der Waals surface area contributed by atoms with Crippen LogP contribution in [-0.4, -0.2) is 54.4 Å². The summed E-state index contributed by atoms with van der Waals surface area (Å²) >= 11 is 0. The first-order valence-electron chi connectivity index (χ1n) is 4.77. The van der Waals surface area contributed by atoms with Gasteiger partial charge in [-0.15, -0.1) is 0 Å². The third-order valence-corrected chi connectivity index (χ3v) is 4.68. The Hall–Kier alpha value is -0.170. The topological polar surface area (TPSA) is 60.9 Å². The van der Waals surface area contributed by atoms with Crippen LogP contribution in [0.1, 0.15) is 20.3 Å². The fourth-order valence-corrected chi connectivity index (χ4v) is 2.96. The van der Waals surface area contributed by atoms with Gasteiger partial charge in [-0.25, -0.2) is 0 Å². The van der Waals surface area contributed by atoms with E-state index in [1.54, 1.807) is 7.05 Å². The van der Waals surface area contributed by atoms with E-state index in [0.717, 1.165) is 0 Å². The average Bonchev–Trinajstić information content (AvgIpc) is 2.50. The Morgan fingerprint density at radius 3 is 2.43 bits per heavy atom. The van der Waals surface area contributed by atoms with Gasteiger partial charge in [0.1, 0.15) is 0 Å². The standard InChI is InChI=1S/C8H18N2O3S/c1-7(2)9(3)14(12,13)10-5-4-8(11)6-10/h7-8,11H,4-6H2,1-3H3. The van der Waals surface area contributed by atoms with Crippen LogP contribution in [0.25, 0.3) is 0 Å². The van der Waals surface area contributed by atoms with Crippen LogP contribution < -0.4 is 0 Å². The van der Waals surface area contributed by atoms with Gasteiger partial charge < -0.3 is 5.11 Å². The van der Waals surface area contributed by atoms with Crippen molar-refractivity contribution in [1.82, 2.24) is 8.61 Å². The van der Waals surface area contributed by atoms with Crippen molar-refractivity contribution in [2.75, 3.05) is 20.1 Å². The molecule has 0 amide bonds. The van der Waals surface area contributed by atoms with Crippen molar-refractivity contribution in [3.8, 4) is 0 Å². The molecule has 0 aromatic rings. The summed E-state index contributed by atoms with van der Waals surface area (Å²) in [6, 6.07) is -0.0576. The fourth-order valence-electron chi connectivity index (χ4n) is 1.37. The fraction of sp³-hybridized carbons (Fsp3) is 1.00. The number of nitrogens with zero attached hydrogens (tertiary/aromatic N) is 2. The molecule has 1 fully saturated rings. The summed E-state index contributed by atoms with van der Waals surface area (Å²) in [6.45, 7) is 4.29. The van der Waals surface area contributed by atoms with Crippen molar-refractivity contribution in [3.63, 3.8) is 0 Å². The molecule has 6 heteroatoms. The van der Waals surface area contributed by atoms with Crippen LogP contribution in [0, 0.1) is 0 Å². The molecule has 0 bridgehead atoms. The molecule has 0 aromatic carbocycles. The van der Waals surface area contributed by atoms with E-state index >= 15 is 0 Å². The minimum atomic E-state index is -3.36. The predicted octanol–water partition coefficient (Wildman–Crippen LogP) is -0.362. The third kappa shape index (κ3) is 2.25. The monoisotopic (exact) mass is 222 g/mol. The van der Waals surface area contributed by atoms with Crippen molar-refractivity contribution in [2.45, 2.75) is 32.4 Å². The molecule has 1 aliphatic rings. The van der Waals surface area contributed by atoms with Crippen molar-refractivity contribution in [1.29, 1.82) is 0 Å². The van der Waals surface area contributed by atoms with Gasteiger partial charge in [0, 0.05) is 26.2 Å². The highest BCUT2D eigenvalue weighted by atomic mass is 32.2. The number of β-amino-alcohol motifs (C(OH)–C–C–N with tert-alkyl or cyclic N) is 1. The Morgan fingerprint density at radius 1 is 1.50 bits per heavy atom. The zero-order valence-corrected chi connectivity index (χ0v) is 9.66. The van der Waals surface area contributed by atoms with Crippen molar-refractivity contribution in [2.24, 2.45) is 0 Å². The van der Waals surface area contributed by atoms with Gasteiger partial charge in [-0.3, -0.25) is 0 Å². The highest BCUT2D eigenvalue weighted by molar-refractivity contribution is 7.86. The summed E-state index contributed by atoms with van der Waals surface area (Å²) < 4.78 is 26.4. The first-order chi connectivity index (χ1) is 6.35. The highest BCUT2D eigenvalue weighted by Crippen LogP contribution is 2.17. The number of hydrogen-bond donors (Lipinski definition) is 1. The molecule has 1 unspecified atom stereocenters. The summed E-state index contributed by atoms with van der Waals surface area (Å²) in [4.78, 5) is 0. The van der Waals surface area contributed by atoms with Crippen LogP contribution >= 0.6 is 0 Å². The van der Waals surface area contributed by atoms with E-state index in [9.17, 15) is 13.5 Å². The van der Waals surface area contributed by atoms with Gasteiger partial charge in [0.05, 0.1) is 6.10 Å². The number of rotatable bonds is 3. The molecule has 0 aromatic heterocycles. The molecule has 0 radical (unpaired) electrons. The molecule has 0 saturated carbocycles. The molecule has 84 valence electrons. The van der Waals surface area contributed by atoms with E-state index < -0.39 is 16.3 Å². The maximum Gasteiger partial charge on any atom is 0.282 e. The lowest BCUT2D eigenvalue weighted by molar-refractivity contribution is 0.188. The summed E-state index contributed by atoms with van der Waals surface area (Å²) in [5.74, 6) is 0. The van der Waals surface area contributed by atoms with Gasteiger partial charge in [0.25, 0.3) is 10.2 Å². The molecule has 1 saturated heterocycles. The Balaban J connectivity index is 2.75. The van der Waals surface area contributed by atoms with Crippen LogP contribution in [0.15, 0.2) is 0 Å². The summed E-state index contributed by atoms with van der Waals surface area (Å²) in [6.07, 6.45) is 0.0240. The molecule has 1 aliphatic heterocycles. The normalized spacial score (nSPS) is 25.1. The van der Waals surface area contributed by atoms with Gasteiger partial charge >= 0.3 is 0 Å². The number of hydrogen-bond acceptors (Lipinski definition) is 3. The lowest BCUT2D eigenvalue weighted by Gasteiger charge is -2.26. The second kappa shape index (κ2) is 4.14. The molecule has 1 rings (SSSR count). The van der Waals surface area contributed by atoms with Gasteiger partial charge in [-0.2, -0.15) is 17.0 Å². The van der Waals surface area contributed by atoms with E-state index in [1.807, 2.05) is 13.8 Å². The maximum absolute atomic E-state index is 11.9. The predicted molar refractivity (Wildman–Crippen MR) is 54.0 cm³/mol. The van der Waals surface area contributed by atoms with Gasteiger partial charge in [0.15, 0.2) is 0 Å². The maximum atomic E-state index is 11.9. The van der Waals surface area contributed by atoms with Crippen LogP contribution in [0.2, 0.25) is 0 Å². The van der Waals surface area contributed by atoms with Crippen molar-refractivity contribution >= 4 is 10.2 Å². The summed E-state index contributed by atoms with van der Waals surface area (Å²) in [5, 5.41) is 9.26. The molecule has 1 N–H and O–H groups in total. The summed E-state index contributed by atoms with van der Waals surface area (Å²) in [5.41, 5.74) is 0. The van der Waals surface area contributed by atoms with Gasteiger partial charge in [-0.05, 0) is 20.3 Å². The van der Waals surface area contributed by atoms with Gasteiger partial charge in [-0.1, -0.05) is 0 Å². The van der Waals surface area contributed by atoms with Crippen LogP contribution in [-0.2, 0) is 10.2 Å². The molecule has 0 aliphatic carbocycles. The minimum Gasteiger partial charge on any atom is -0.392 e. The smallest absolute Gasteiger partial charge is 0.282 e. The molecule has 0 spiro atoms. The quantitative estimate of drug-likeness (QED) is 0.709. The third-order valence-electron chi connectivity index (χ3n) is 2.54. The Labute approximate surface area is 85.5 Å². The lowest BCUT2D eigenvalue weighted by Crippen LogP contribution is -2.44. The SMILES string of the molecule is CC(C)N(C)S(=O)(=O)N1CCC(O)C1. The van der Waals surface area contributed by atoms with Crippen LogP contribution in [0.4, 0.5) is 0 Å². The highest BCUT2D eigenvalue weighted by Gasteiger charge is 2.33. The Morgan fingerprint density at radius 2 is 2.07 bits per heavy atom. The first-order valence-corrected chi connectivity index (χ1v) is 6.16. The Bertz CT molecular complexity index is 289. The first kappa shape index (κ1) is 11.9. The van der Waals surface area contributed by atoms with E-state index in [1.165, 1.54) is 8.61 Å². The van der Waals surface area contributed by atoms with Crippen LogP contribution in [0.3, 0.4) is 0 Å². The second-order valence-corrected chi connectivity index (χ2v) is 5.91. The van der Waals surface area contributed by atoms with E-state index in [0.29, 0.717) is 13.0 Å². The molecule has 5 nitrogen and oxygen atoms in total. The zero-order valence-electron chi connectivity index (χ0n) is 8.84. The number of aliphatic hydroxyl groups excluding tert-OH is 1. The average molecular weight is 222 g/mol. The molecule has 1 heterocycles. The van der Waals surface area contributed by atoms with Crippen LogP contribution in [0.5, 0.6) is 0 Å². The molecular weight excluding hydrogens is 204 g/mol. The molecule has 14 heavy (non-hydrogen) atoms. The zero-order chi connectivity index (χ0) is 10.9. The van der Waals surface area contributed by atoms with E-state index in [-0.39, 0.29) is 12.6 Å². The largest absolute Gasteiger partial charge is 0.392 e. The van der Waals surface area contributed by atoms with E-state index in [4.69, 9.17) is 0 Å². The lowest BCUT2D eigenvalue weighted by atomic mass is 10.3.